The van der Waals surface area contributed by atoms with Crippen molar-refractivity contribution in [2.24, 2.45) is 0 Å². The monoisotopic (exact) mass is 410 g/mol. The van der Waals surface area contributed by atoms with Crippen molar-refractivity contribution in [2.45, 2.75) is 6.92 Å². The highest BCUT2D eigenvalue weighted by Gasteiger charge is 2.36. The fourth-order valence-electron chi connectivity index (χ4n) is 2.86. The van der Waals surface area contributed by atoms with Crippen LogP contribution in [-0.2, 0) is 9.59 Å². The van der Waals surface area contributed by atoms with Crippen LogP contribution in [0.5, 0.6) is 11.5 Å². The number of anilines is 1. The Labute approximate surface area is 171 Å². The first-order chi connectivity index (χ1) is 14.3. The minimum Gasteiger partial charge on any atom is -0.493 e. The Bertz CT molecular complexity index is 1060. The molecular weight excluding hydrogens is 392 g/mol. The lowest BCUT2D eigenvalue weighted by atomic mass is 10.1. The van der Waals surface area contributed by atoms with Gasteiger partial charge < -0.3 is 14.6 Å². The van der Waals surface area contributed by atoms with E-state index in [9.17, 15) is 19.2 Å². The normalized spacial score (nSPS) is 15.2. The number of nitrogens with zero attached hydrogens (tertiary/aromatic N) is 1. The number of aromatic carboxylic acids is 1. The van der Waals surface area contributed by atoms with Gasteiger partial charge in [0.15, 0.2) is 11.5 Å². The van der Waals surface area contributed by atoms with Gasteiger partial charge in [0, 0.05) is 0 Å². The molecule has 0 radical (unpaired) electrons. The second-order valence-corrected chi connectivity index (χ2v) is 6.15. The Hall–Kier alpha value is -4.14. The van der Waals surface area contributed by atoms with Crippen LogP contribution in [0.3, 0.4) is 0 Å². The molecule has 2 aromatic rings. The number of amides is 4. The Balaban J connectivity index is 1.97. The second-order valence-electron chi connectivity index (χ2n) is 6.15. The van der Waals surface area contributed by atoms with Crippen molar-refractivity contribution in [2.75, 3.05) is 18.6 Å². The van der Waals surface area contributed by atoms with Crippen LogP contribution in [0.15, 0.2) is 48.0 Å². The van der Waals surface area contributed by atoms with Crippen LogP contribution in [-0.4, -0.2) is 42.6 Å². The fraction of sp³-hybridized carbons (Fsp3) is 0.143. The topological polar surface area (TPSA) is 122 Å². The van der Waals surface area contributed by atoms with E-state index in [0.717, 1.165) is 4.90 Å². The number of methoxy groups -OCH3 is 1. The lowest BCUT2D eigenvalue weighted by molar-refractivity contribution is -0.122. The van der Waals surface area contributed by atoms with Crippen molar-refractivity contribution in [3.63, 3.8) is 0 Å². The maximum Gasteiger partial charge on any atom is 0.335 e. The third-order valence-corrected chi connectivity index (χ3v) is 4.27. The molecule has 154 valence electrons. The highest BCUT2D eigenvalue weighted by Crippen LogP contribution is 2.30. The summed E-state index contributed by atoms with van der Waals surface area (Å²) in [6, 6.07) is 9.11. The molecule has 3 rings (SSSR count). The molecule has 2 aromatic carbocycles. The predicted molar refractivity (Wildman–Crippen MR) is 107 cm³/mol. The summed E-state index contributed by atoms with van der Waals surface area (Å²) in [5, 5.41) is 11.1. The average molecular weight is 410 g/mol. The molecular formula is C21H18N2O7. The van der Waals surface area contributed by atoms with E-state index in [2.05, 4.69) is 5.32 Å². The molecule has 0 spiro atoms. The predicted octanol–water partition coefficient (Wildman–Crippen LogP) is 2.46. The van der Waals surface area contributed by atoms with E-state index in [4.69, 9.17) is 14.6 Å². The number of nitrogens with one attached hydrogen (secondary N) is 1. The lowest BCUT2D eigenvalue weighted by Gasteiger charge is -2.26. The summed E-state index contributed by atoms with van der Waals surface area (Å²) in [4.78, 5) is 49.2. The zero-order chi connectivity index (χ0) is 21.8. The molecule has 0 bridgehead atoms. The average Bonchev–Trinajstić information content (AvgIpc) is 2.72. The molecule has 1 saturated heterocycles. The summed E-state index contributed by atoms with van der Waals surface area (Å²) in [6.07, 6.45) is 1.33. The maximum atomic E-state index is 12.9. The van der Waals surface area contributed by atoms with E-state index < -0.39 is 23.8 Å². The molecule has 4 amide bonds. The van der Waals surface area contributed by atoms with Gasteiger partial charge in [-0.05, 0) is 55.0 Å². The fourth-order valence-corrected chi connectivity index (χ4v) is 2.86. The van der Waals surface area contributed by atoms with E-state index in [1.807, 2.05) is 6.92 Å². The van der Waals surface area contributed by atoms with Crippen molar-refractivity contribution >= 4 is 35.6 Å². The minimum absolute atomic E-state index is 0.00283. The highest BCUT2D eigenvalue weighted by atomic mass is 16.5. The summed E-state index contributed by atoms with van der Waals surface area (Å²) in [7, 11) is 1.47. The quantitative estimate of drug-likeness (QED) is 0.554. The Kier molecular flexibility index (Phi) is 5.82. The molecule has 0 saturated carbocycles. The molecule has 0 aliphatic carbocycles. The number of hydrogen-bond acceptors (Lipinski definition) is 6. The molecule has 1 fully saturated rings. The molecule has 0 atom stereocenters. The molecule has 0 aromatic heterocycles. The largest absolute Gasteiger partial charge is 0.493 e. The summed E-state index contributed by atoms with van der Waals surface area (Å²) >= 11 is 0. The van der Waals surface area contributed by atoms with E-state index in [-0.39, 0.29) is 16.8 Å². The number of carbonyl (C=O) groups is 4. The van der Waals surface area contributed by atoms with Gasteiger partial charge in [-0.1, -0.05) is 6.07 Å². The maximum absolute atomic E-state index is 12.9. The molecule has 2 N–H and O–H groups in total. The van der Waals surface area contributed by atoms with Gasteiger partial charge in [0.1, 0.15) is 5.57 Å². The van der Waals surface area contributed by atoms with Crippen LogP contribution >= 0.6 is 0 Å². The van der Waals surface area contributed by atoms with Crippen LogP contribution in [0.2, 0.25) is 0 Å². The molecule has 0 unspecified atom stereocenters. The lowest BCUT2D eigenvalue weighted by Crippen LogP contribution is -2.54. The molecule has 1 aliphatic rings. The van der Waals surface area contributed by atoms with Crippen molar-refractivity contribution in [3.05, 3.63) is 59.2 Å². The molecule has 9 nitrogen and oxygen atoms in total. The van der Waals surface area contributed by atoms with Crippen LogP contribution in [0.25, 0.3) is 6.08 Å². The Morgan fingerprint density at radius 1 is 1.10 bits per heavy atom. The number of hydrogen-bond donors (Lipinski definition) is 2. The highest BCUT2D eigenvalue weighted by molar-refractivity contribution is 6.39. The minimum atomic E-state index is -1.14. The number of imide groups is 2. The number of carboxylic acid groups (broad SMARTS) is 1. The number of rotatable bonds is 6. The van der Waals surface area contributed by atoms with Crippen LogP contribution in [0.4, 0.5) is 10.5 Å². The zero-order valence-corrected chi connectivity index (χ0v) is 16.2. The van der Waals surface area contributed by atoms with Gasteiger partial charge in [0.05, 0.1) is 25.0 Å². The number of carboxylic acids is 1. The van der Waals surface area contributed by atoms with E-state index in [0.29, 0.717) is 23.7 Å². The van der Waals surface area contributed by atoms with Gasteiger partial charge in [-0.3, -0.25) is 14.9 Å². The SMILES string of the molecule is CCOc1ccc(/C=C2\C(=O)NC(=O)N(c3ccc(C(=O)O)cc3)C2=O)cc1OC. The van der Waals surface area contributed by atoms with Gasteiger partial charge >= 0.3 is 12.0 Å². The summed E-state index contributed by atoms with van der Waals surface area (Å²) < 4.78 is 10.7. The number of ether oxygens (including phenoxy) is 2. The van der Waals surface area contributed by atoms with Crippen LogP contribution in [0, 0.1) is 0 Å². The van der Waals surface area contributed by atoms with Crippen molar-refractivity contribution in [1.29, 1.82) is 0 Å². The number of carbonyl (C=O) groups excluding carboxylic acids is 3. The van der Waals surface area contributed by atoms with Crippen LogP contribution < -0.4 is 19.7 Å². The number of urea groups is 1. The smallest absolute Gasteiger partial charge is 0.335 e. The molecule has 1 heterocycles. The summed E-state index contributed by atoms with van der Waals surface area (Å²) in [5.41, 5.74) is 0.356. The summed E-state index contributed by atoms with van der Waals surface area (Å²) in [5.74, 6) is -1.88. The molecule has 9 heteroatoms. The first-order valence-electron chi connectivity index (χ1n) is 8.91. The van der Waals surface area contributed by atoms with E-state index >= 15 is 0 Å². The van der Waals surface area contributed by atoms with Gasteiger partial charge in [0.25, 0.3) is 11.8 Å². The Morgan fingerprint density at radius 2 is 1.80 bits per heavy atom. The van der Waals surface area contributed by atoms with E-state index in [1.165, 1.54) is 37.5 Å². The van der Waals surface area contributed by atoms with Crippen LogP contribution in [0.1, 0.15) is 22.8 Å². The first kappa shape index (κ1) is 20.6. The van der Waals surface area contributed by atoms with Crippen molar-refractivity contribution < 1.29 is 33.8 Å². The zero-order valence-electron chi connectivity index (χ0n) is 16.2. The summed E-state index contributed by atoms with van der Waals surface area (Å²) in [6.45, 7) is 2.27. The molecule has 30 heavy (non-hydrogen) atoms. The van der Waals surface area contributed by atoms with Gasteiger partial charge in [0.2, 0.25) is 0 Å². The van der Waals surface area contributed by atoms with Gasteiger partial charge in [-0.2, -0.15) is 0 Å². The van der Waals surface area contributed by atoms with E-state index in [1.54, 1.807) is 18.2 Å². The standard InChI is InChI=1S/C21H18N2O7/c1-3-30-16-9-4-12(11-17(16)29-2)10-15-18(24)22-21(28)23(19(15)25)14-7-5-13(6-8-14)20(26)27/h4-11H,3H2,1-2H3,(H,26,27)(H,22,24,28)/b15-10+. The second kappa shape index (κ2) is 8.48. The Morgan fingerprint density at radius 3 is 2.40 bits per heavy atom. The number of benzene rings is 2. The third-order valence-electron chi connectivity index (χ3n) is 4.27. The molecule has 1 aliphatic heterocycles. The van der Waals surface area contributed by atoms with Crippen molar-refractivity contribution in [3.8, 4) is 11.5 Å². The number of barbiturate groups is 1. The van der Waals surface area contributed by atoms with Gasteiger partial charge in [-0.15, -0.1) is 0 Å². The van der Waals surface area contributed by atoms with Crippen molar-refractivity contribution in [1.82, 2.24) is 5.32 Å². The first-order valence-corrected chi connectivity index (χ1v) is 8.91. The van der Waals surface area contributed by atoms with Gasteiger partial charge in [-0.25, -0.2) is 14.5 Å². The third kappa shape index (κ3) is 4.00.